The minimum Gasteiger partial charge on any atom is -0.330 e. The van der Waals surface area contributed by atoms with Crippen LogP contribution in [-0.2, 0) is 0 Å². The van der Waals surface area contributed by atoms with E-state index in [2.05, 4.69) is 22.6 Å². The maximum absolute atomic E-state index is 5.37. The highest BCUT2D eigenvalue weighted by atomic mass is 127. The van der Waals surface area contributed by atoms with E-state index < -0.39 is 0 Å². The van der Waals surface area contributed by atoms with Crippen molar-refractivity contribution in [1.29, 1.82) is 0 Å². The molecule has 0 unspecified atom stereocenters. The average Bonchev–Trinajstić information content (AvgIpc) is 1.97. The Balaban J connectivity index is 2.65. The third-order valence-electron chi connectivity index (χ3n) is 1.59. The molecule has 0 saturated carbocycles. The third-order valence-corrected chi connectivity index (χ3v) is 2.35. The van der Waals surface area contributed by atoms with Crippen LogP contribution in [-0.4, -0.2) is 11.0 Å². The van der Waals surface area contributed by atoms with Crippen molar-refractivity contribution in [2.75, 3.05) is 11.0 Å². The smallest absolute Gasteiger partial charge is 0.000473 e. The first-order valence-electron chi connectivity index (χ1n) is 4.18. The molecule has 0 atom stereocenters. The number of halogens is 1. The van der Waals surface area contributed by atoms with Crippen LogP contribution in [0.1, 0.15) is 38.5 Å². The molecular weight excluding hydrogens is 237 g/mol. The highest BCUT2D eigenvalue weighted by molar-refractivity contribution is 14.1. The van der Waals surface area contributed by atoms with Crippen molar-refractivity contribution in [3.05, 3.63) is 0 Å². The van der Waals surface area contributed by atoms with Gasteiger partial charge in [-0.2, -0.15) is 0 Å². The fourth-order valence-corrected chi connectivity index (χ4v) is 1.49. The molecule has 2 heteroatoms. The zero-order valence-electron chi connectivity index (χ0n) is 6.61. The molecule has 0 aromatic heterocycles. The van der Waals surface area contributed by atoms with E-state index in [-0.39, 0.29) is 0 Å². The van der Waals surface area contributed by atoms with Gasteiger partial charge in [0.05, 0.1) is 0 Å². The van der Waals surface area contributed by atoms with Crippen LogP contribution in [0.15, 0.2) is 0 Å². The predicted molar refractivity (Wildman–Crippen MR) is 55.6 cm³/mol. The van der Waals surface area contributed by atoms with Crippen molar-refractivity contribution < 1.29 is 0 Å². The van der Waals surface area contributed by atoms with Gasteiger partial charge in [0.1, 0.15) is 0 Å². The molecule has 0 aliphatic heterocycles. The molecule has 0 aliphatic rings. The molecule has 0 rings (SSSR count). The lowest BCUT2D eigenvalue weighted by Crippen LogP contribution is -1.97. The molecule has 0 saturated heterocycles. The predicted octanol–water partition coefficient (Wildman–Crippen LogP) is 2.72. The SMILES string of the molecule is NCCCCCCCCI. The van der Waals surface area contributed by atoms with Crippen LogP contribution in [0.5, 0.6) is 0 Å². The van der Waals surface area contributed by atoms with Crippen LogP contribution in [0, 0.1) is 0 Å². The summed E-state index contributed by atoms with van der Waals surface area (Å²) in [6.45, 7) is 0.867. The Morgan fingerprint density at radius 2 is 1.30 bits per heavy atom. The molecule has 0 fully saturated rings. The van der Waals surface area contributed by atoms with Crippen molar-refractivity contribution >= 4 is 22.6 Å². The van der Waals surface area contributed by atoms with Crippen LogP contribution in [0.3, 0.4) is 0 Å². The van der Waals surface area contributed by atoms with Crippen LogP contribution in [0.25, 0.3) is 0 Å². The summed E-state index contributed by atoms with van der Waals surface area (Å²) >= 11 is 2.44. The molecule has 0 aliphatic carbocycles. The minimum absolute atomic E-state index is 0.867. The van der Waals surface area contributed by atoms with Crippen molar-refractivity contribution in [2.24, 2.45) is 5.73 Å². The lowest BCUT2D eigenvalue weighted by atomic mass is 10.1. The monoisotopic (exact) mass is 255 g/mol. The second-order valence-corrected chi connectivity index (χ2v) is 3.68. The second-order valence-electron chi connectivity index (χ2n) is 2.60. The van der Waals surface area contributed by atoms with E-state index in [9.17, 15) is 0 Å². The summed E-state index contributed by atoms with van der Waals surface area (Å²) in [5, 5.41) is 0. The van der Waals surface area contributed by atoms with E-state index in [1.54, 1.807) is 0 Å². The Morgan fingerprint density at radius 1 is 0.800 bits per heavy atom. The van der Waals surface area contributed by atoms with Gasteiger partial charge in [0.2, 0.25) is 0 Å². The summed E-state index contributed by atoms with van der Waals surface area (Å²) < 4.78 is 1.31. The van der Waals surface area contributed by atoms with Crippen molar-refractivity contribution in [2.45, 2.75) is 38.5 Å². The standard InChI is InChI=1S/C8H18IN/c9-7-5-3-1-2-4-6-8-10/h1-8,10H2. The Kier molecular flexibility index (Phi) is 10.4. The normalized spacial score (nSPS) is 10.2. The Morgan fingerprint density at radius 3 is 1.80 bits per heavy atom. The Hall–Kier alpha value is 0.690. The summed E-state index contributed by atoms with van der Waals surface area (Å²) in [7, 11) is 0. The molecule has 1 nitrogen and oxygen atoms in total. The van der Waals surface area contributed by atoms with Crippen molar-refractivity contribution in [3.8, 4) is 0 Å². The number of hydrogen-bond acceptors (Lipinski definition) is 1. The number of hydrogen-bond donors (Lipinski definition) is 1. The molecule has 0 bridgehead atoms. The molecule has 62 valence electrons. The lowest BCUT2D eigenvalue weighted by Gasteiger charge is -1.97. The van der Waals surface area contributed by atoms with Gasteiger partial charge in [-0.15, -0.1) is 0 Å². The summed E-state index contributed by atoms with van der Waals surface area (Å²) in [4.78, 5) is 0. The van der Waals surface area contributed by atoms with Gasteiger partial charge >= 0.3 is 0 Å². The van der Waals surface area contributed by atoms with Crippen LogP contribution < -0.4 is 5.73 Å². The molecular formula is C8H18IN. The highest BCUT2D eigenvalue weighted by Crippen LogP contribution is 2.05. The lowest BCUT2D eigenvalue weighted by molar-refractivity contribution is 0.615. The van der Waals surface area contributed by atoms with Crippen LogP contribution >= 0.6 is 22.6 Å². The quantitative estimate of drug-likeness (QED) is 0.422. The van der Waals surface area contributed by atoms with E-state index in [1.165, 1.54) is 43.0 Å². The first-order valence-corrected chi connectivity index (χ1v) is 5.70. The summed E-state index contributed by atoms with van der Waals surface area (Å²) in [5.74, 6) is 0. The van der Waals surface area contributed by atoms with Crippen molar-refractivity contribution in [1.82, 2.24) is 0 Å². The van der Waals surface area contributed by atoms with Crippen molar-refractivity contribution in [3.63, 3.8) is 0 Å². The maximum Gasteiger partial charge on any atom is -0.000473 e. The van der Waals surface area contributed by atoms with E-state index in [4.69, 9.17) is 5.73 Å². The topological polar surface area (TPSA) is 26.0 Å². The molecule has 0 aromatic rings. The van der Waals surface area contributed by atoms with Gasteiger partial charge in [0.25, 0.3) is 0 Å². The molecule has 0 spiro atoms. The van der Waals surface area contributed by atoms with Gasteiger partial charge in [-0.05, 0) is 23.8 Å². The zero-order chi connectivity index (χ0) is 7.66. The molecule has 10 heavy (non-hydrogen) atoms. The van der Waals surface area contributed by atoms with Gasteiger partial charge in [-0.1, -0.05) is 48.3 Å². The van der Waals surface area contributed by atoms with Crippen LogP contribution in [0.4, 0.5) is 0 Å². The second kappa shape index (κ2) is 9.69. The fraction of sp³-hybridized carbons (Fsp3) is 1.00. The first kappa shape index (κ1) is 10.7. The largest absolute Gasteiger partial charge is 0.330 e. The average molecular weight is 255 g/mol. The number of unbranched alkanes of at least 4 members (excludes halogenated alkanes) is 5. The number of alkyl halides is 1. The molecule has 0 aromatic carbocycles. The van der Waals surface area contributed by atoms with Gasteiger partial charge < -0.3 is 5.73 Å². The maximum atomic E-state index is 5.37. The van der Waals surface area contributed by atoms with E-state index in [0.717, 1.165) is 6.54 Å². The first-order chi connectivity index (χ1) is 4.91. The highest BCUT2D eigenvalue weighted by Gasteiger charge is 1.88. The molecule has 2 N–H and O–H groups in total. The van der Waals surface area contributed by atoms with Gasteiger partial charge in [0, 0.05) is 0 Å². The fourth-order valence-electron chi connectivity index (χ4n) is 0.946. The van der Waals surface area contributed by atoms with E-state index in [1.807, 2.05) is 0 Å². The molecule has 0 radical (unpaired) electrons. The Labute approximate surface area is 77.9 Å². The number of rotatable bonds is 7. The Bertz CT molecular complexity index is 49.2. The van der Waals surface area contributed by atoms with Gasteiger partial charge in [0.15, 0.2) is 0 Å². The molecule has 0 heterocycles. The summed E-state index contributed by atoms with van der Waals surface area (Å²) in [6, 6.07) is 0. The third kappa shape index (κ3) is 8.69. The zero-order valence-corrected chi connectivity index (χ0v) is 8.77. The van der Waals surface area contributed by atoms with E-state index >= 15 is 0 Å². The summed E-state index contributed by atoms with van der Waals surface area (Å²) in [6.07, 6.45) is 8.13. The van der Waals surface area contributed by atoms with Crippen LogP contribution in [0.2, 0.25) is 0 Å². The van der Waals surface area contributed by atoms with E-state index in [0.29, 0.717) is 0 Å². The number of nitrogens with two attached hydrogens (primary N) is 1. The van der Waals surface area contributed by atoms with Gasteiger partial charge in [-0.25, -0.2) is 0 Å². The molecule has 0 amide bonds. The van der Waals surface area contributed by atoms with Gasteiger partial charge in [-0.3, -0.25) is 0 Å². The summed E-state index contributed by atoms with van der Waals surface area (Å²) in [5.41, 5.74) is 5.37. The minimum atomic E-state index is 0.867.